The number of rotatable bonds is 4. The summed E-state index contributed by atoms with van der Waals surface area (Å²) in [5, 5.41) is 13.1. The van der Waals surface area contributed by atoms with Gasteiger partial charge in [-0.1, -0.05) is 36.4 Å². The Balaban J connectivity index is 1.72. The standard InChI is InChI=1S/C21H15N3O3/c25-20(19-15(21(26)27)8-5-11-22-19)24-17-10-4-2-7-14(17)18-12-13-6-1-3-9-16(13)23-18/h1-12,23H,(H,24,25)(H,26,27). The fraction of sp³-hybridized carbons (Fsp3) is 0. The maximum absolute atomic E-state index is 12.6. The van der Waals surface area contributed by atoms with Crippen molar-refractivity contribution in [2.24, 2.45) is 0 Å². The Bertz CT molecular complexity index is 1130. The summed E-state index contributed by atoms with van der Waals surface area (Å²) in [6.45, 7) is 0. The van der Waals surface area contributed by atoms with Crippen LogP contribution in [-0.2, 0) is 0 Å². The summed E-state index contributed by atoms with van der Waals surface area (Å²) in [5.74, 6) is -1.77. The second kappa shape index (κ2) is 6.76. The number of nitrogens with zero attached hydrogens (tertiary/aromatic N) is 1. The van der Waals surface area contributed by atoms with Gasteiger partial charge in [0.2, 0.25) is 0 Å². The third-order valence-electron chi connectivity index (χ3n) is 4.25. The number of carbonyl (C=O) groups is 2. The second-order valence-electron chi connectivity index (χ2n) is 5.97. The van der Waals surface area contributed by atoms with Gasteiger partial charge >= 0.3 is 5.97 Å². The Morgan fingerprint density at radius 1 is 0.963 bits per heavy atom. The summed E-state index contributed by atoms with van der Waals surface area (Å²) >= 11 is 0. The van der Waals surface area contributed by atoms with E-state index in [1.807, 2.05) is 42.5 Å². The Kier molecular flexibility index (Phi) is 4.14. The fourth-order valence-corrected chi connectivity index (χ4v) is 2.99. The number of fused-ring (bicyclic) bond motifs is 1. The van der Waals surface area contributed by atoms with Crippen LogP contribution >= 0.6 is 0 Å². The van der Waals surface area contributed by atoms with E-state index in [9.17, 15) is 14.7 Å². The van der Waals surface area contributed by atoms with Crippen LogP contribution in [0.1, 0.15) is 20.8 Å². The van der Waals surface area contributed by atoms with Crippen LogP contribution in [0.3, 0.4) is 0 Å². The van der Waals surface area contributed by atoms with E-state index < -0.39 is 11.9 Å². The molecular formula is C21H15N3O3. The third-order valence-corrected chi connectivity index (χ3v) is 4.25. The number of carboxylic acid groups (broad SMARTS) is 1. The van der Waals surface area contributed by atoms with Crippen LogP contribution in [0.25, 0.3) is 22.2 Å². The number of aromatic nitrogens is 2. The molecule has 0 fully saturated rings. The highest BCUT2D eigenvalue weighted by molar-refractivity contribution is 6.10. The van der Waals surface area contributed by atoms with Gasteiger partial charge in [0.15, 0.2) is 0 Å². The number of carbonyl (C=O) groups excluding carboxylic acids is 1. The molecule has 132 valence electrons. The smallest absolute Gasteiger partial charge is 0.338 e. The number of amides is 1. The van der Waals surface area contributed by atoms with E-state index in [0.717, 1.165) is 22.2 Å². The van der Waals surface area contributed by atoms with Crippen LogP contribution in [-0.4, -0.2) is 27.0 Å². The first-order chi connectivity index (χ1) is 13.1. The van der Waals surface area contributed by atoms with E-state index in [1.54, 1.807) is 12.1 Å². The van der Waals surface area contributed by atoms with Crippen molar-refractivity contribution in [1.29, 1.82) is 0 Å². The summed E-state index contributed by atoms with van der Waals surface area (Å²) in [4.78, 5) is 31.3. The average Bonchev–Trinajstić information content (AvgIpc) is 3.12. The number of aromatic carboxylic acids is 1. The number of benzene rings is 2. The molecule has 2 aromatic heterocycles. The Hall–Kier alpha value is -3.93. The first kappa shape index (κ1) is 16.5. The number of para-hydroxylation sites is 2. The lowest BCUT2D eigenvalue weighted by Crippen LogP contribution is -2.18. The first-order valence-electron chi connectivity index (χ1n) is 8.30. The minimum Gasteiger partial charge on any atom is -0.478 e. The van der Waals surface area contributed by atoms with Gasteiger partial charge in [-0.3, -0.25) is 9.78 Å². The maximum atomic E-state index is 12.6. The SMILES string of the molecule is O=C(O)c1cccnc1C(=O)Nc1ccccc1-c1cc2ccccc2[nH]1. The minimum absolute atomic E-state index is 0.128. The van der Waals surface area contributed by atoms with Gasteiger partial charge in [0.25, 0.3) is 5.91 Å². The normalized spacial score (nSPS) is 10.7. The number of nitrogens with one attached hydrogen (secondary N) is 2. The Morgan fingerprint density at radius 2 is 1.74 bits per heavy atom. The molecule has 0 atom stereocenters. The zero-order valence-electron chi connectivity index (χ0n) is 14.1. The van der Waals surface area contributed by atoms with Crippen molar-refractivity contribution in [1.82, 2.24) is 9.97 Å². The minimum atomic E-state index is -1.20. The monoisotopic (exact) mass is 357 g/mol. The van der Waals surface area contributed by atoms with Crippen LogP contribution in [0.4, 0.5) is 5.69 Å². The Morgan fingerprint density at radius 3 is 2.56 bits per heavy atom. The van der Waals surface area contributed by atoms with Gasteiger partial charge in [-0.15, -0.1) is 0 Å². The molecule has 4 aromatic rings. The molecule has 0 aliphatic carbocycles. The van der Waals surface area contributed by atoms with Crippen LogP contribution in [0, 0.1) is 0 Å². The first-order valence-corrected chi connectivity index (χ1v) is 8.30. The van der Waals surface area contributed by atoms with Gasteiger partial charge in [-0.05, 0) is 30.3 Å². The molecule has 0 aliphatic heterocycles. The summed E-state index contributed by atoms with van der Waals surface area (Å²) < 4.78 is 0. The largest absolute Gasteiger partial charge is 0.478 e. The zero-order chi connectivity index (χ0) is 18.8. The number of anilines is 1. The van der Waals surface area contributed by atoms with E-state index >= 15 is 0 Å². The summed E-state index contributed by atoms with van der Waals surface area (Å²) in [6, 6.07) is 20.1. The topological polar surface area (TPSA) is 95.1 Å². The van der Waals surface area contributed by atoms with Crippen LogP contribution in [0.2, 0.25) is 0 Å². The van der Waals surface area contributed by atoms with Gasteiger partial charge in [-0.25, -0.2) is 4.79 Å². The molecule has 0 saturated heterocycles. The fourth-order valence-electron chi connectivity index (χ4n) is 2.99. The van der Waals surface area contributed by atoms with Crippen molar-refractivity contribution in [2.45, 2.75) is 0 Å². The van der Waals surface area contributed by atoms with Gasteiger partial charge in [0, 0.05) is 28.4 Å². The Labute approximate surface area is 154 Å². The van der Waals surface area contributed by atoms with Gasteiger partial charge in [-0.2, -0.15) is 0 Å². The molecule has 0 bridgehead atoms. The van der Waals surface area contributed by atoms with Gasteiger partial charge in [0.1, 0.15) is 5.69 Å². The zero-order valence-corrected chi connectivity index (χ0v) is 14.1. The van der Waals surface area contributed by atoms with E-state index in [-0.39, 0.29) is 11.3 Å². The predicted octanol–water partition coefficient (Wildman–Crippen LogP) is 4.18. The molecule has 0 unspecified atom stereocenters. The van der Waals surface area contributed by atoms with Crippen molar-refractivity contribution in [3.05, 3.63) is 84.2 Å². The predicted molar refractivity (Wildman–Crippen MR) is 103 cm³/mol. The molecule has 0 saturated carbocycles. The molecule has 1 amide bonds. The lowest BCUT2D eigenvalue weighted by Gasteiger charge is -2.11. The number of aromatic amines is 1. The molecular weight excluding hydrogens is 342 g/mol. The molecule has 0 radical (unpaired) electrons. The highest BCUT2D eigenvalue weighted by atomic mass is 16.4. The third kappa shape index (κ3) is 3.16. The van der Waals surface area contributed by atoms with E-state index in [2.05, 4.69) is 15.3 Å². The number of carboxylic acids is 1. The highest BCUT2D eigenvalue weighted by Crippen LogP contribution is 2.30. The van der Waals surface area contributed by atoms with Crippen LogP contribution < -0.4 is 5.32 Å². The lowest BCUT2D eigenvalue weighted by molar-refractivity contribution is 0.0691. The molecule has 0 spiro atoms. The van der Waals surface area contributed by atoms with Crippen molar-refractivity contribution >= 4 is 28.5 Å². The number of H-pyrrole nitrogens is 1. The van der Waals surface area contributed by atoms with Crippen molar-refractivity contribution < 1.29 is 14.7 Å². The molecule has 0 aliphatic rings. The molecule has 6 nitrogen and oxygen atoms in total. The molecule has 6 heteroatoms. The quantitative estimate of drug-likeness (QED) is 0.510. The van der Waals surface area contributed by atoms with Crippen molar-refractivity contribution in [3.63, 3.8) is 0 Å². The van der Waals surface area contributed by atoms with Gasteiger partial charge in [0.05, 0.1) is 11.3 Å². The summed E-state index contributed by atoms with van der Waals surface area (Å²) in [5.41, 5.74) is 2.94. The number of hydrogen-bond acceptors (Lipinski definition) is 3. The number of hydrogen-bond donors (Lipinski definition) is 3. The molecule has 27 heavy (non-hydrogen) atoms. The summed E-state index contributed by atoms with van der Waals surface area (Å²) in [6.07, 6.45) is 1.39. The van der Waals surface area contributed by atoms with Gasteiger partial charge < -0.3 is 15.4 Å². The van der Waals surface area contributed by atoms with Crippen LogP contribution in [0.15, 0.2) is 72.9 Å². The molecule has 2 aromatic carbocycles. The van der Waals surface area contributed by atoms with Crippen molar-refractivity contribution in [3.8, 4) is 11.3 Å². The molecule has 3 N–H and O–H groups in total. The highest BCUT2D eigenvalue weighted by Gasteiger charge is 2.19. The van der Waals surface area contributed by atoms with Crippen molar-refractivity contribution in [2.75, 3.05) is 5.32 Å². The average molecular weight is 357 g/mol. The van der Waals surface area contributed by atoms with E-state index in [0.29, 0.717) is 5.69 Å². The second-order valence-corrected chi connectivity index (χ2v) is 5.97. The van der Waals surface area contributed by atoms with E-state index in [4.69, 9.17) is 0 Å². The summed E-state index contributed by atoms with van der Waals surface area (Å²) in [7, 11) is 0. The molecule has 4 rings (SSSR count). The van der Waals surface area contributed by atoms with Crippen LogP contribution in [0.5, 0.6) is 0 Å². The number of pyridine rings is 1. The molecule has 2 heterocycles. The van der Waals surface area contributed by atoms with E-state index in [1.165, 1.54) is 18.3 Å². The lowest BCUT2D eigenvalue weighted by atomic mass is 10.1. The maximum Gasteiger partial charge on any atom is 0.338 e.